The third-order valence-electron chi connectivity index (χ3n) is 5.19. The molecule has 2 heterocycles. The Morgan fingerprint density at radius 1 is 1.03 bits per heavy atom. The minimum atomic E-state index is -4.46. The molecule has 0 radical (unpaired) electrons. The second-order valence-corrected chi connectivity index (χ2v) is 7.16. The van der Waals surface area contributed by atoms with Crippen LogP contribution >= 0.6 is 0 Å². The lowest BCUT2D eigenvalue weighted by Gasteiger charge is -2.30. The van der Waals surface area contributed by atoms with E-state index in [0.29, 0.717) is 0 Å². The van der Waals surface area contributed by atoms with Crippen molar-refractivity contribution in [1.29, 1.82) is 0 Å². The van der Waals surface area contributed by atoms with E-state index >= 15 is 0 Å². The molecule has 0 N–H and O–H groups in total. The van der Waals surface area contributed by atoms with Crippen molar-refractivity contribution in [2.45, 2.75) is 25.6 Å². The van der Waals surface area contributed by atoms with E-state index in [4.69, 9.17) is 0 Å². The largest absolute Gasteiger partial charge is 0.416 e. The van der Waals surface area contributed by atoms with E-state index in [9.17, 15) is 18.0 Å². The standard InChI is InChI=1S/C23H19F3N2O/c24-23(25,26)20-3-1-2-18(13-20)22(29)12-16-4-6-21(7-5-16)28-11-9-17-8-10-27-14-19(17)15-28/h1-8,10,13-14H,9,11-12,15H2. The molecule has 1 aromatic heterocycles. The number of anilines is 1. The van der Waals surface area contributed by atoms with Gasteiger partial charge >= 0.3 is 6.18 Å². The van der Waals surface area contributed by atoms with Crippen LogP contribution in [-0.2, 0) is 25.6 Å². The number of halogens is 3. The van der Waals surface area contributed by atoms with Gasteiger partial charge in [-0.3, -0.25) is 9.78 Å². The van der Waals surface area contributed by atoms with Gasteiger partial charge in [0.15, 0.2) is 5.78 Å². The SMILES string of the molecule is O=C(Cc1ccc(N2CCc3ccncc3C2)cc1)c1cccc(C(F)(F)F)c1. The third-order valence-corrected chi connectivity index (χ3v) is 5.19. The van der Waals surface area contributed by atoms with Crippen molar-refractivity contribution in [2.24, 2.45) is 0 Å². The third kappa shape index (κ3) is 4.31. The predicted molar refractivity (Wildman–Crippen MR) is 105 cm³/mol. The Morgan fingerprint density at radius 3 is 2.59 bits per heavy atom. The molecule has 3 nitrogen and oxygen atoms in total. The molecule has 2 aromatic carbocycles. The zero-order valence-corrected chi connectivity index (χ0v) is 15.6. The maximum Gasteiger partial charge on any atom is 0.416 e. The first-order chi connectivity index (χ1) is 13.9. The second-order valence-electron chi connectivity index (χ2n) is 7.16. The summed E-state index contributed by atoms with van der Waals surface area (Å²) in [5.74, 6) is -0.332. The van der Waals surface area contributed by atoms with Crippen LogP contribution in [0.2, 0.25) is 0 Å². The average molecular weight is 396 g/mol. The van der Waals surface area contributed by atoms with Crippen LogP contribution in [0, 0.1) is 0 Å². The summed E-state index contributed by atoms with van der Waals surface area (Å²) < 4.78 is 38.6. The number of Topliss-reactive ketones (excluding diaryl/α,β-unsaturated/α-hetero) is 1. The van der Waals surface area contributed by atoms with Crippen LogP contribution in [-0.4, -0.2) is 17.3 Å². The number of carbonyl (C=O) groups excluding carboxylic acids is 1. The van der Waals surface area contributed by atoms with E-state index < -0.39 is 11.7 Å². The maximum absolute atomic E-state index is 12.9. The lowest BCUT2D eigenvalue weighted by atomic mass is 9.99. The summed E-state index contributed by atoms with van der Waals surface area (Å²) in [5, 5.41) is 0. The first kappa shape index (κ1) is 19.2. The molecule has 0 saturated heterocycles. The molecule has 3 aromatic rings. The number of aromatic nitrogens is 1. The number of pyridine rings is 1. The molecule has 4 rings (SSSR count). The number of hydrogen-bond acceptors (Lipinski definition) is 3. The number of ketones is 1. The van der Waals surface area contributed by atoms with E-state index in [1.54, 1.807) is 0 Å². The highest BCUT2D eigenvalue weighted by Gasteiger charge is 2.30. The van der Waals surface area contributed by atoms with Crippen molar-refractivity contribution in [1.82, 2.24) is 4.98 Å². The Labute approximate surface area is 166 Å². The van der Waals surface area contributed by atoms with E-state index in [0.717, 1.165) is 42.9 Å². The van der Waals surface area contributed by atoms with Crippen molar-refractivity contribution >= 4 is 11.5 Å². The van der Waals surface area contributed by atoms with Gasteiger partial charge in [-0.2, -0.15) is 13.2 Å². The zero-order valence-electron chi connectivity index (χ0n) is 15.6. The number of carbonyl (C=O) groups is 1. The molecule has 148 valence electrons. The van der Waals surface area contributed by atoms with Crippen molar-refractivity contribution in [2.75, 3.05) is 11.4 Å². The molecule has 1 aliphatic rings. The normalized spacial score (nSPS) is 13.8. The van der Waals surface area contributed by atoms with Gasteiger partial charge in [-0.15, -0.1) is 0 Å². The number of benzene rings is 2. The van der Waals surface area contributed by atoms with Crippen LogP contribution in [0.15, 0.2) is 67.0 Å². The van der Waals surface area contributed by atoms with Gasteiger partial charge in [0.2, 0.25) is 0 Å². The topological polar surface area (TPSA) is 33.2 Å². The van der Waals surface area contributed by atoms with Gasteiger partial charge in [0, 0.05) is 43.2 Å². The van der Waals surface area contributed by atoms with E-state index in [-0.39, 0.29) is 17.8 Å². The maximum atomic E-state index is 12.9. The van der Waals surface area contributed by atoms with Crippen molar-refractivity contribution < 1.29 is 18.0 Å². The summed E-state index contributed by atoms with van der Waals surface area (Å²) in [4.78, 5) is 18.9. The summed E-state index contributed by atoms with van der Waals surface area (Å²) in [6.07, 6.45) is 0.261. The Kier molecular flexibility index (Phi) is 5.09. The first-order valence-corrected chi connectivity index (χ1v) is 9.36. The molecule has 1 aliphatic heterocycles. The summed E-state index contributed by atoms with van der Waals surface area (Å²) in [6.45, 7) is 1.69. The minimum absolute atomic E-state index is 0.0638. The minimum Gasteiger partial charge on any atom is -0.367 e. The molecule has 0 aliphatic carbocycles. The van der Waals surface area contributed by atoms with E-state index in [1.807, 2.05) is 36.7 Å². The lowest BCUT2D eigenvalue weighted by molar-refractivity contribution is -0.137. The Balaban J connectivity index is 1.44. The van der Waals surface area contributed by atoms with Gasteiger partial charge in [0.05, 0.1) is 5.56 Å². The van der Waals surface area contributed by atoms with Gasteiger partial charge < -0.3 is 4.90 Å². The van der Waals surface area contributed by atoms with Crippen LogP contribution in [0.4, 0.5) is 18.9 Å². The fraction of sp³-hybridized carbons (Fsp3) is 0.217. The van der Waals surface area contributed by atoms with Crippen molar-refractivity contribution in [3.8, 4) is 0 Å². The molecular weight excluding hydrogens is 377 g/mol. The molecule has 0 atom stereocenters. The van der Waals surface area contributed by atoms with Crippen LogP contribution in [0.3, 0.4) is 0 Å². The number of fused-ring (bicyclic) bond motifs is 1. The van der Waals surface area contributed by atoms with Gasteiger partial charge in [-0.25, -0.2) is 0 Å². The monoisotopic (exact) mass is 396 g/mol. The summed E-state index contributed by atoms with van der Waals surface area (Å²) in [5.41, 5.74) is 3.62. The Morgan fingerprint density at radius 2 is 1.83 bits per heavy atom. The second kappa shape index (κ2) is 7.70. The van der Waals surface area contributed by atoms with Crippen molar-refractivity contribution in [3.05, 3.63) is 94.8 Å². The van der Waals surface area contributed by atoms with Crippen LogP contribution in [0.25, 0.3) is 0 Å². The van der Waals surface area contributed by atoms with E-state index in [1.165, 1.54) is 23.3 Å². The number of alkyl halides is 3. The highest BCUT2D eigenvalue weighted by atomic mass is 19.4. The Bertz CT molecular complexity index is 1030. The molecule has 0 unspecified atom stereocenters. The number of nitrogens with zero attached hydrogens (tertiary/aromatic N) is 2. The smallest absolute Gasteiger partial charge is 0.367 e. The summed E-state index contributed by atoms with van der Waals surface area (Å²) >= 11 is 0. The molecule has 0 bridgehead atoms. The zero-order chi connectivity index (χ0) is 20.4. The van der Waals surface area contributed by atoms with Gasteiger partial charge in [0.25, 0.3) is 0 Å². The number of rotatable bonds is 4. The fourth-order valence-electron chi connectivity index (χ4n) is 3.58. The van der Waals surface area contributed by atoms with Gasteiger partial charge in [-0.1, -0.05) is 24.3 Å². The molecule has 0 spiro atoms. The predicted octanol–water partition coefficient (Wildman–Crippen LogP) is 5.09. The lowest BCUT2D eigenvalue weighted by Crippen LogP contribution is -2.30. The van der Waals surface area contributed by atoms with Crippen LogP contribution in [0.1, 0.15) is 32.6 Å². The average Bonchev–Trinajstić information content (AvgIpc) is 2.73. The van der Waals surface area contributed by atoms with E-state index in [2.05, 4.69) is 16.0 Å². The molecule has 29 heavy (non-hydrogen) atoms. The highest BCUT2D eigenvalue weighted by Crippen LogP contribution is 2.30. The first-order valence-electron chi connectivity index (χ1n) is 9.36. The molecule has 0 fully saturated rings. The molecule has 0 saturated carbocycles. The Hall–Kier alpha value is -3.15. The van der Waals surface area contributed by atoms with Gasteiger partial charge in [-0.05, 0) is 53.4 Å². The molecule has 6 heteroatoms. The fourth-order valence-corrected chi connectivity index (χ4v) is 3.58. The van der Waals surface area contributed by atoms with Crippen molar-refractivity contribution in [3.63, 3.8) is 0 Å². The summed E-state index contributed by atoms with van der Waals surface area (Å²) in [6, 6.07) is 14.3. The van der Waals surface area contributed by atoms with Crippen LogP contribution < -0.4 is 4.90 Å². The molecular formula is C23H19F3N2O. The molecule has 0 amide bonds. The summed E-state index contributed by atoms with van der Waals surface area (Å²) in [7, 11) is 0. The highest BCUT2D eigenvalue weighted by molar-refractivity contribution is 5.97. The van der Waals surface area contributed by atoms with Gasteiger partial charge in [0.1, 0.15) is 0 Å². The van der Waals surface area contributed by atoms with Crippen LogP contribution in [0.5, 0.6) is 0 Å². The quantitative estimate of drug-likeness (QED) is 0.576. The number of hydrogen-bond donors (Lipinski definition) is 0.